The first-order valence-electron chi connectivity index (χ1n) is 8.28. The molecule has 2 aromatic carbocycles. The van der Waals surface area contributed by atoms with Crippen LogP contribution in [-0.4, -0.2) is 26.1 Å². The minimum absolute atomic E-state index is 0.0379. The van der Waals surface area contributed by atoms with Crippen LogP contribution in [-0.2, 0) is 0 Å². The number of benzene rings is 2. The third-order valence-corrected chi connectivity index (χ3v) is 5.52. The lowest BCUT2D eigenvalue weighted by molar-refractivity contribution is -0.385. The van der Waals surface area contributed by atoms with Gasteiger partial charge in [0.05, 0.1) is 14.7 Å². The summed E-state index contributed by atoms with van der Waals surface area (Å²) >= 11 is 2.76. The highest BCUT2D eigenvalue weighted by Crippen LogP contribution is 2.26. The molecule has 4 rings (SSSR count). The van der Waals surface area contributed by atoms with E-state index < -0.39 is 9.85 Å². The van der Waals surface area contributed by atoms with E-state index in [0.29, 0.717) is 9.88 Å². The lowest BCUT2D eigenvalue weighted by atomic mass is 10.2. The number of hydrogen-bond donors (Lipinski definition) is 0. The Morgan fingerprint density at radius 3 is 1.73 bits per heavy atom. The number of aromatic nitrogens is 2. The summed E-state index contributed by atoms with van der Waals surface area (Å²) in [6.07, 6.45) is 3.92. The van der Waals surface area contributed by atoms with Crippen LogP contribution >= 0.6 is 22.7 Å². The van der Waals surface area contributed by atoms with Crippen LogP contribution in [0.3, 0.4) is 0 Å². The number of hydrogen-bond acceptors (Lipinski definition) is 9. The maximum absolute atomic E-state index is 10.5. The van der Waals surface area contributed by atoms with Gasteiger partial charge in [-0.25, -0.2) is 9.97 Å². The average Bonchev–Trinajstić information content (AvgIpc) is 3.46. The Morgan fingerprint density at radius 1 is 0.800 bits per heavy atom. The first-order valence-corrected chi connectivity index (χ1v) is 9.97. The molecule has 0 N–H and O–H groups in total. The van der Waals surface area contributed by atoms with E-state index in [4.69, 9.17) is 0 Å². The number of nitro benzene ring substituents is 2. The summed E-state index contributed by atoms with van der Waals surface area (Å²) in [5, 5.41) is 24.3. The van der Waals surface area contributed by atoms with Crippen LogP contribution in [0.5, 0.6) is 0 Å². The fourth-order valence-electron chi connectivity index (χ4n) is 2.29. The maximum Gasteiger partial charge on any atom is 0.269 e. The summed E-state index contributed by atoms with van der Waals surface area (Å²) in [6, 6.07) is 12.4. The van der Waals surface area contributed by atoms with Crippen LogP contribution < -0.4 is 0 Å². The van der Waals surface area contributed by atoms with Crippen molar-refractivity contribution in [2.75, 3.05) is 0 Å². The molecule has 4 aromatic rings. The SMILES string of the molecule is O=Cc1cnc(-c2ccc([N+](=O)[O-])cc2)s1.O=[N+]([O-])c1ccc(-c2nccs2)cc1. The largest absolute Gasteiger partial charge is 0.297 e. The number of nitrogens with zero attached hydrogens (tertiary/aromatic N) is 4. The van der Waals surface area contributed by atoms with Crippen molar-refractivity contribution < 1.29 is 14.6 Å². The number of carbonyl (C=O) groups excluding carboxylic acids is 1. The van der Waals surface area contributed by atoms with E-state index in [1.807, 2.05) is 5.38 Å². The van der Waals surface area contributed by atoms with E-state index in [2.05, 4.69) is 9.97 Å². The first kappa shape index (κ1) is 20.9. The highest BCUT2D eigenvalue weighted by Gasteiger charge is 2.08. The van der Waals surface area contributed by atoms with Gasteiger partial charge in [0, 0.05) is 53.2 Å². The van der Waals surface area contributed by atoms with Crippen molar-refractivity contribution in [3.05, 3.63) is 91.4 Å². The Labute approximate surface area is 177 Å². The zero-order chi connectivity index (χ0) is 21.5. The summed E-state index contributed by atoms with van der Waals surface area (Å²) in [4.78, 5) is 39.1. The monoisotopic (exact) mass is 440 g/mol. The number of aldehydes is 1. The van der Waals surface area contributed by atoms with Crippen LogP contribution in [0.2, 0.25) is 0 Å². The minimum atomic E-state index is -0.456. The quantitative estimate of drug-likeness (QED) is 0.235. The Kier molecular flexibility index (Phi) is 6.67. The third-order valence-electron chi connectivity index (χ3n) is 3.72. The molecule has 30 heavy (non-hydrogen) atoms. The van der Waals surface area contributed by atoms with E-state index in [-0.39, 0.29) is 11.4 Å². The summed E-state index contributed by atoms with van der Waals surface area (Å²) < 4.78 is 0. The van der Waals surface area contributed by atoms with Gasteiger partial charge >= 0.3 is 0 Å². The summed E-state index contributed by atoms with van der Waals surface area (Å²) in [5.74, 6) is 0. The Balaban J connectivity index is 0.000000172. The highest BCUT2D eigenvalue weighted by atomic mass is 32.1. The van der Waals surface area contributed by atoms with Crippen LogP contribution in [0.1, 0.15) is 9.67 Å². The van der Waals surface area contributed by atoms with E-state index in [1.54, 1.807) is 30.5 Å². The van der Waals surface area contributed by atoms with Crippen molar-refractivity contribution in [2.45, 2.75) is 0 Å². The second kappa shape index (κ2) is 9.58. The standard InChI is InChI=1S/C10H6N2O3S.C9H6N2O2S/c13-6-9-5-11-10(16-9)7-1-3-8(4-2-7)12(14)15;12-11(13)8-3-1-7(2-4-8)9-10-5-6-14-9/h1-6H;1-6H. The second-order valence-corrected chi connectivity index (χ2v) is 7.59. The van der Waals surface area contributed by atoms with Crippen molar-refractivity contribution in [1.29, 1.82) is 0 Å². The van der Waals surface area contributed by atoms with Gasteiger partial charge in [-0.3, -0.25) is 25.0 Å². The molecule has 0 aliphatic heterocycles. The number of thiazole rings is 2. The summed E-state index contributed by atoms with van der Waals surface area (Å²) in [7, 11) is 0. The van der Waals surface area contributed by atoms with Gasteiger partial charge in [-0.15, -0.1) is 22.7 Å². The molecule has 0 fully saturated rings. The maximum atomic E-state index is 10.5. The molecule has 0 atom stereocenters. The van der Waals surface area contributed by atoms with E-state index in [1.165, 1.54) is 53.1 Å². The van der Waals surface area contributed by atoms with Gasteiger partial charge in [-0.1, -0.05) is 0 Å². The molecule has 0 amide bonds. The van der Waals surface area contributed by atoms with Crippen molar-refractivity contribution in [1.82, 2.24) is 9.97 Å². The molecule has 0 saturated heterocycles. The molecule has 2 aromatic heterocycles. The van der Waals surface area contributed by atoms with Gasteiger partial charge in [-0.05, 0) is 24.3 Å². The third kappa shape index (κ3) is 5.16. The molecule has 0 bridgehead atoms. The molecule has 150 valence electrons. The molecular formula is C19H12N4O5S2. The van der Waals surface area contributed by atoms with Crippen LogP contribution in [0, 0.1) is 20.2 Å². The minimum Gasteiger partial charge on any atom is -0.297 e. The molecule has 0 spiro atoms. The predicted octanol–water partition coefficient (Wildman–Crippen LogP) is 5.25. The zero-order valence-electron chi connectivity index (χ0n) is 15.1. The smallest absolute Gasteiger partial charge is 0.269 e. The van der Waals surface area contributed by atoms with Crippen LogP contribution in [0.4, 0.5) is 11.4 Å². The molecule has 0 aliphatic rings. The van der Waals surface area contributed by atoms with Gasteiger partial charge in [0.1, 0.15) is 10.0 Å². The number of non-ortho nitro benzene ring substituents is 2. The molecule has 0 radical (unpaired) electrons. The zero-order valence-corrected chi connectivity index (χ0v) is 16.7. The van der Waals surface area contributed by atoms with Crippen molar-refractivity contribution in [3.63, 3.8) is 0 Å². The molecule has 9 nitrogen and oxygen atoms in total. The molecule has 0 saturated carbocycles. The first-order chi connectivity index (χ1) is 14.5. The van der Waals surface area contributed by atoms with Gasteiger partial charge in [0.15, 0.2) is 6.29 Å². The van der Waals surface area contributed by atoms with Crippen LogP contribution in [0.15, 0.2) is 66.3 Å². The molecule has 0 aliphatic carbocycles. The Hall–Kier alpha value is -3.83. The number of nitro groups is 2. The molecule has 0 unspecified atom stereocenters. The molecular weight excluding hydrogens is 428 g/mol. The van der Waals surface area contributed by atoms with Crippen LogP contribution in [0.25, 0.3) is 21.1 Å². The lowest BCUT2D eigenvalue weighted by Gasteiger charge is -1.94. The van der Waals surface area contributed by atoms with E-state index in [9.17, 15) is 25.0 Å². The van der Waals surface area contributed by atoms with Gasteiger partial charge in [0.25, 0.3) is 11.4 Å². The van der Waals surface area contributed by atoms with Crippen molar-refractivity contribution in [3.8, 4) is 21.1 Å². The summed E-state index contributed by atoms with van der Waals surface area (Å²) in [5.41, 5.74) is 1.82. The average molecular weight is 440 g/mol. The van der Waals surface area contributed by atoms with Crippen molar-refractivity contribution in [2.24, 2.45) is 0 Å². The Morgan fingerprint density at radius 2 is 1.33 bits per heavy atom. The predicted molar refractivity (Wildman–Crippen MR) is 114 cm³/mol. The fraction of sp³-hybridized carbons (Fsp3) is 0. The number of carbonyl (C=O) groups is 1. The highest BCUT2D eigenvalue weighted by molar-refractivity contribution is 7.16. The molecule has 2 heterocycles. The second-order valence-electron chi connectivity index (χ2n) is 5.63. The van der Waals surface area contributed by atoms with Gasteiger partial charge < -0.3 is 0 Å². The number of rotatable bonds is 5. The van der Waals surface area contributed by atoms with Gasteiger partial charge in [0.2, 0.25) is 0 Å². The Bertz CT molecular complexity index is 1160. The van der Waals surface area contributed by atoms with Gasteiger partial charge in [-0.2, -0.15) is 0 Å². The van der Waals surface area contributed by atoms with E-state index in [0.717, 1.165) is 22.4 Å². The summed E-state index contributed by atoms with van der Waals surface area (Å²) in [6.45, 7) is 0. The molecule has 11 heteroatoms. The van der Waals surface area contributed by atoms with Crippen molar-refractivity contribution >= 4 is 40.3 Å². The topological polar surface area (TPSA) is 129 Å². The fourth-order valence-corrected chi connectivity index (χ4v) is 3.67. The normalized spacial score (nSPS) is 10.0. The lowest BCUT2D eigenvalue weighted by Crippen LogP contribution is -1.86. The van der Waals surface area contributed by atoms with E-state index >= 15 is 0 Å².